The highest BCUT2D eigenvalue weighted by Gasteiger charge is 2.32. The van der Waals surface area contributed by atoms with Crippen LogP contribution in [0.3, 0.4) is 0 Å². The first-order valence-corrected chi connectivity index (χ1v) is 8.03. The smallest absolute Gasteiger partial charge is 0.128 e. The average molecular weight is 306 g/mol. The molecule has 1 aromatic heterocycles. The van der Waals surface area contributed by atoms with Gasteiger partial charge in [0.2, 0.25) is 0 Å². The summed E-state index contributed by atoms with van der Waals surface area (Å²) in [6, 6.07) is 4.55. The van der Waals surface area contributed by atoms with E-state index in [-0.39, 0.29) is 18.2 Å². The van der Waals surface area contributed by atoms with E-state index in [1.165, 1.54) is 11.3 Å². The van der Waals surface area contributed by atoms with Gasteiger partial charge in [0.05, 0.1) is 25.4 Å². The number of rotatable bonds is 5. The van der Waals surface area contributed by atoms with E-state index in [1.807, 2.05) is 0 Å². The molecule has 122 valence electrons. The fraction of sp³-hybridized carbons (Fsp3) is 0.688. The Hall–Kier alpha value is -1.21. The van der Waals surface area contributed by atoms with Gasteiger partial charge >= 0.3 is 0 Å². The second kappa shape index (κ2) is 6.91. The molecule has 1 fully saturated rings. The predicted octanol–water partition coefficient (Wildman–Crippen LogP) is 0.0765. The molecule has 4 N–H and O–H groups in total. The lowest BCUT2D eigenvalue weighted by atomic mass is 9.92. The van der Waals surface area contributed by atoms with Crippen LogP contribution in [0.15, 0.2) is 12.1 Å². The van der Waals surface area contributed by atoms with Crippen molar-refractivity contribution in [1.29, 1.82) is 0 Å². The molecule has 0 saturated carbocycles. The lowest BCUT2D eigenvalue weighted by Crippen LogP contribution is -2.35. The summed E-state index contributed by atoms with van der Waals surface area (Å²) in [5.41, 5.74) is 14.7. The molecule has 6 heteroatoms. The Balaban J connectivity index is 1.65. The van der Waals surface area contributed by atoms with E-state index < -0.39 is 0 Å². The van der Waals surface area contributed by atoms with Crippen molar-refractivity contribution in [3.05, 3.63) is 23.4 Å². The number of methoxy groups -OCH3 is 1. The Bertz CT molecular complexity index is 511. The second-order valence-corrected chi connectivity index (χ2v) is 6.25. The summed E-state index contributed by atoms with van der Waals surface area (Å²) in [7, 11) is 1.67. The van der Waals surface area contributed by atoms with Gasteiger partial charge in [-0.15, -0.1) is 0 Å². The Morgan fingerprint density at radius 3 is 2.95 bits per heavy atom. The highest BCUT2D eigenvalue weighted by Crippen LogP contribution is 2.25. The fourth-order valence-corrected chi connectivity index (χ4v) is 3.25. The molecule has 0 aromatic carbocycles. The van der Waals surface area contributed by atoms with Gasteiger partial charge < -0.3 is 25.8 Å². The van der Waals surface area contributed by atoms with Crippen LogP contribution in [0.5, 0.6) is 0 Å². The summed E-state index contributed by atoms with van der Waals surface area (Å²) in [6.45, 7) is 2.75. The van der Waals surface area contributed by atoms with Gasteiger partial charge in [-0.3, -0.25) is 0 Å². The van der Waals surface area contributed by atoms with Crippen molar-refractivity contribution in [2.45, 2.75) is 37.5 Å². The number of hydrogen-bond donors (Lipinski definition) is 2. The molecule has 0 amide bonds. The van der Waals surface area contributed by atoms with E-state index in [0.717, 1.165) is 38.2 Å². The van der Waals surface area contributed by atoms with Gasteiger partial charge in [-0.05, 0) is 30.9 Å². The zero-order chi connectivity index (χ0) is 15.5. The van der Waals surface area contributed by atoms with Crippen LogP contribution < -0.4 is 16.4 Å². The average Bonchev–Trinajstić information content (AvgIpc) is 2.88. The first-order chi connectivity index (χ1) is 10.7. The van der Waals surface area contributed by atoms with Crippen molar-refractivity contribution >= 4 is 5.82 Å². The zero-order valence-corrected chi connectivity index (χ0v) is 13.2. The minimum absolute atomic E-state index is 0.0168. The summed E-state index contributed by atoms with van der Waals surface area (Å²) >= 11 is 0. The Morgan fingerprint density at radius 2 is 2.14 bits per heavy atom. The van der Waals surface area contributed by atoms with Crippen LogP contribution in [-0.2, 0) is 22.3 Å². The quantitative estimate of drug-likeness (QED) is 0.749. The molecule has 3 rings (SSSR count). The van der Waals surface area contributed by atoms with Crippen molar-refractivity contribution in [3.8, 4) is 0 Å². The molecule has 0 bridgehead atoms. The van der Waals surface area contributed by atoms with Crippen LogP contribution in [0.2, 0.25) is 0 Å². The maximum atomic E-state index is 6.19. The molecule has 22 heavy (non-hydrogen) atoms. The first-order valence-electron chi connectivity index (χ1n) is 8.03. The lowest BCUT2D eigenvalue weighted by Gasteiger charge is -2.24. The van der Waals surface area contributed by atoms with E-state index in [9.17, 15) is 0 Å². The number of hydrogen-bond acceptors (Lipinski definition) is 6. The molecule has 2 heterocycles. The van der Waals surface area contributed by atoms with E-state index in [4.69, 9.17) is 25.9 Å². The van der Waals surface area contributed by atoms with Crippen LogP contribution in [0.4, 0.5) is 5.82 Å². The number of aromatic nitrogens is 1. The van der Waals surface area contributed by atoms with Crippen molar-refractivity contribution < 1.29 is 9.47 Å². The maximum Gasteiger partial charge on any atom is 0.128 e. The summed E-state index contributed by atoms with van der Waals surface area (Å²) in [4.78, 5) is 7.05. The highest BCUT2D eigenvalue weighted by atomic mass is 16.5. The molecule has 1 aromatic rings. The van der Waals surface area contributed by atoms with E-state index >= 15 is 0 Å². The van der Waals surface area contributed by atoms with E-state index in [2.05, 4.69) is 17.0 Å². The Kier molecular flexibility index (Phi) is 4.93. The third-order valence-corrected chi connectivity index (χ3v) is 4.54. The standard InChI is InChI=1S/C16H26N4O2/c1-21-6-7-22-15-10-20(9-13(15)18)16-5-2-11-8-12(17)3-4-14(11)19-16/h2,5,12-13,15H,3-4,6-10,17-18H2,1H3. The summed E-state index contributed by atoms with van der Waals surface area (Å²) < 4.78 is 10.8. The number of ether oxygens (including phenoxy) is 2. The Labute approximate surface area is 131 Å². The minimum atomic E-state index is 0.0168. The molecule has 6 nitrogen and oxygen atoms in total. The van der Waals surface area contributed by atoms with Gasteiger partial charge in [0, 0.05) is 31.9 Å². The SMILES string of the molecule is COCCOC1CN(c2ccc3c(n2)CCC(N)C3)CC1N. The van der Waals surface area contributed by atoms with Crippen LogP contribution in [0.25, 0.3) is 0 Å². The number of fused-ring (bicyclic) bond motifs is 1. The third-order valence-electron chi connectivity index (χ3n) is 4.54. The van der Waals surface area contributed by atoms with Crippen LogP contribution in [0, 0.1) is 0 Å². The maximum absolute atomic E-state index is 6.19. The van der Waals surface area contributed by atoms with E-state index in [0.29, 0.717) is 13.2 Å². The molecule has 0 spiro atoms. The van der Waals surface area contributed by atoms with Crippen molar-refractivity contribution in [1.82, 2.24) is 4.98 Å². The second-order valence-electron chi connectivity index (χ2n) is 6.25. The normalized spacial score (nSPS) is 28.0. The summed E-state index contributed by atoms with van der Waals surface area (Å²) in [5, 5.41) is 0. The number of anilines is 1. The van der Waals surface area contributed by atoms with Gasteiger partial charge in [-0.25, -0.2) is 4.98 Å². The molecular formula is C16H26N4O2. The molecule has 2 aliphatic rings. The van der Waals surface area contributed by atoms with Gasteiger partial charge in [0.1, 0.15) is 5.82 Å². The number of nitrogens with zero attached hydrogens (tertiary/aromatic N) is 2. The summed E-state index contributed by atoms with van der Waals surface area (Å²) in [5.74, 6) is 1.00. The lowest BCUT2D eigenvalue weighted by molar-refractivity contribution is 0.0212. The molecular weight excluding hydrogens is 280 g/mol. The third kappa shape index (κ3) is 3.41. The fourth-order valence-electron chi connectivity index (χ4n) is 3.25. The molecule has 0 radical (unpaired) electrons. The molecule has 3 unspecified atom stereocenters. The van der Waals surface area contributed by atoms with Crippen LogP contribution >= 0.6 is 0 Å². The van der Waals surface area contributed by atoms with Gasteiger partial charge in [0.25, 0.3) is 0 Å². The highest BCUT2D eigenvalue weighted by molar-refractivity contribution is 5.44. The molecule has 3 atom stereocenters. The predicted molar refractivity (Wildman–Crippen MR) is 86.0 cm³/mol. The van der Waals surface area contributed by atoms with Crippen LogP contribution in [-0.4, -0.2) is 56.6 Å². The monoisotopic (exact) mass is 306 g/mol. The molecule has 1 aliphatic carbocycles. The molecule has 1 saturated heterocycles. The van der Waals surface area contributed by atoms with Gasteiger partial charge in [-0.1, -0.05) is 6.07 Å². The first kappa shape index (κ1) is 15.7. The van der Waals surface area contributed by atoms with Gasteiger partial charge in [0.15, 0.2) is 0 Å². The number of nitrogens with two attached hydrogens (primary N) is 2. The number of aryl methyl sites for hydroxylation is 1. The van der Waals surface area contributed by atoms with Crippen molar-refractivity contribution in [3.63, 3.8) is 0 Å². The van der Waals surface area contributed by atoms with Crippen molar-refractivity contribution in [2.75, 3.05) is 38.3 Å². The topological polar surface area (TPSA) is 86.6 Å². The Morgan fingerprint density at radius 1 is 1.27 bits per heavy atom. The minimum Gasteiger partial charge on any atom is -0.382 e. The van der Waals surface area contributed by atoms with Crippen molar-refractivity contribution in [2.24, 2.45) is 11.5 Å². The van der Waals surface area contributed by atoms with Crippen LogP contribution in [0.1, 0.15) is 17.7 Å². The zero-order valence-electron chi connectivity index (χ0n) is 13.2. The van der Waals surface area contributed by atoms with Gasteiger partial charge in [-0.2, -0.15) is 0 Å². The largest absolute Gasteiger partial charge is 0.382 e. The summed E-state index contributed by atoms with van der Waals surface area (Å²) in [6.07, 6.45) is 2.97. The molecule has 1 aliphatic heterocycles. The van der Waals surface area contributed by atoms with E-state index in [1.54, 1.807) is 7.11 Å². The number of pyridine rings is 1.